The van der Waals surface area contributed by atoms with Crippen molar-refractivity contribution in [3.05, 3.63) is 23.9 Å². The van der Waals surface area contributed by atoms with Gasteiger partial charge in [0.25, 0.3) is 0 Å². The van der Waals surface area contributed by atoms with Gasteiger partial charge >= 0.3 is 12.1 Å². The summed E-state index contributed by atoms with van der Waals surface area (Å²) in [6, 6.07) is 2.53. The lowest BCUT2D eigenvalue weighted by atomic mass is 9.93. The molecule has 2 rings (SSSR count). The van der Waals surface area contributed by atoms with Crippen LogP contribution in [0.25, 0.3) is 0 Å². The molecule has 0 saturated heterocycles. The Morgan fingerprint density at radius 1 is 1.39 bits per heavy atom. The number of nitrogen functional groups attached to an aromatic ring is 1. The van der Waals surface area contributed by atoms with E-state index in [0.29, 0.717) is 12.8 Å². The van der Waals surface area contributed by atoms with Gasteiger partial charge in [-0.1, -0.05) is 6.42 Å². The van der Waals surface area contributed by atoms with Crippen LogP contribution in [0.3, 0.4) is 0 Å². The molecule has 1 unspecified atom stereocenters. The standard InChI is InChI=1S/C15H19N3O5/c1-18(11-6-2-3-7-12(11)19)15(21)23-9-22-14(20)10-5-4-8-17-13(10)16/h4-5,8,11H,2-3,6-7,9H2,1H3,(H2,16,17). The van der Waals surface area contributed by atoms with E-state index >= 15 is 0 Å². The number of aromatic nitrogens is 1. The Hall–Kier alpha value is -2.64. The topological polar surface area (TPSA) is 112 Å². The van der Waals surface area contributed by atoms with E-state index in [0.717, 1.165) is 12.8 Å². The molecule has 1 fully saturated rings. The molecular formula is C15H19N3O5. The SMILES string of the molecule is CN(C(=O)OCOC(=O)c1cccnc1N)C1CCCCC1=O. The van der Waals surface area contributed by atoms with Crippen LogP contribution in [0, 0.1) is 0 Å². The summed E-state index contributed by atoms with van der Waals surface area (Å²) in [5, 5.41) is 0. The molecule has 1 aliphatic rings. The predicted octanol–water partition coefficient (Wildman–Crippen LogP) is 1.36. The molecule has 0 aromatic carbocycles. The van der Waals surface area contributed by atoms with Crippen molar-refractivity contribution in [3.8, 4) is 0 Å². The average Bonchev–Trinajstić information content (AvgIpc) is 2.54. The molecule has 8 heteroatoms. The number of ether oxygens (including phenoxy) is 2. The van der Waals surface area contributed by atoms with Crippen molar-refractivity contribution in [1.29, 1.82) is 0 Å². The first kappa shape index (κ1) is 16.7. The van der Waals surface area contributed by atoms with Crippen LogP contribution in [-0.2, 0) is 14.3 Å². The monoisotopic (exact) mass is 321 g/mol. The third-order valence-electron chi connectivity index (χ3n) is 3.71. The van der Waals surface area contributed by atoms with Crippen molar-refractivity contribution in [2.45, 2.75) is 31.7 Å². The van der Waals surface area contributed by atoms with Crippen molar-refractivity contribution >= 4 is 23.7 Å². The summed E-state index contributed by atoms with van der Waals surface area (Å²) in [5.41, 5.74) is 5.65. The molecule has 1 aromatic heterocycles. The Kier molecular flexibility index (Phi) is 5.51. The molecule has 124 valence electrons. The minimum Gasteiger partial charge on any atom is -0.424 e. The summed E-state index contributed by atoms with van der Waals surface area (Å²) < 4.78 is 9.70. The number of Topliss-reactive ketones (excluding diaryl/α,β-unsaturated/α-hetero) is 1. The van der Waals surface area contributed by atoms with Crippen LogP contribution < -0.4 is 5.73 Å². The normalized spacial score (nSPS) is 17.4. The predicted molar refractivity (Wildman–Crippen MR) is 80.4 cm³/mol. The highest BCUT2D eigenvalue weighted by Crippen LogP contribution is 2.19. The van der Waals surface area contributed by atoms with Crippen molar-refractivity contribution in [3.63, 3.8) is 0 Å². The number of hydrogen-bond donors (Lipinski definition) is 1. The van der Waals surface area contributed by atoms with Crippen LogP contribution in [0.15, 0.2) is 18.3 Å². The summed E-state index contributed by atoms with van der Waals surface area (Å²) in [4.78, 5) is 40.5. The van der Waals surface area contributed by atoms with Gasteiger partial charge in [0.2, 0.25) is 6.79 Å². The molecule has 0 aliphatic heterocycles. The quantitative estimate of drug-likeness (QED) is 0.658. The maximum atomic E-state index is 11.9. The Morgan fingerprint density at radius 3 is 2.87 bits per heavy atom. The summed E-state index contributed by atoms with van der Waals surface area (Å²) in [7, 11) is 1.50. The zero-order valence-corrected chi connectivity index (χ0v) is 12.9. The fraction of sp³-hybridized carbons (Fsp3) is 0.467. The highest BCUT2D eigenvalue weighted by Gasteiger charge is 2.29. The highest BCUT2D eigenvalue weighted by atomic mass is 16.7. The van der Waals surface area contributed by atoms with Crippen LogP contribution in [-0.4, -0.2) is 47.6 Å². The van der Waals surface area contributed by atoms with Gasteiger partial charge in [-0.3, -0.25) is 4.79 Å². The van der Waals surface area contributed by atoms with E-state index in [2.05, 4.69) is 4.98 Å². The fourth-order valence-electron chi connectivity index (χ4n) is 2.40. The lowest BCUT2D eigenvalue weighted by Gasteiger charge is -2.29. The Bertz CT molecular complexity index is 605. The van der Waals surface area contributed by atoms with Crippen LogP contribution >= 0.6 is 0 Å². The zero-order valence-electron chi connectivity index (χ0n) is 12.9. The fourth-order valence-corrected chi connectivity index (χ4v) is 2.40. The lowest BCUT2D eigenvalue weighted by Crippen LogP contribution is -2.44. The van der Waals surface area contributed by atoms with Crippen molar-refractivity contribution in [1.82, 2.24) is 9.88 Å². The van der Waals surface area contributed by atoms with Gasteiger partial charge in [-0.05, 0) is 25.0 Å². The molecule has 2 N–H and O–H groups in total. The Balaban J connectivity index is 1.81. The maximum absolute atomic E-state index is 11.9. The minimum atomic E-state index is -0.736. The van der Waals surface area contributed by atoms with E-state index in [9.17, 15) is 14.4 Å². The van der Waals surface area contributed by atoms with Gasteiger partial charge in [0.15, 0.2) is 5.78 Å². The van der Waals surface area contributed by atoms with Crippen molar-refractivity contribution in [2.75, 3.05) is 19.6 Å². The van der Waals surface area contributed by atoms with E-state index in [-0.39, 0.29) is 17.2 Å². The van der Waals surface area contributed by atoms with Gasteiger partial charge in [0, 0.05) is 19.7 Å². The number of pyridine rings is 1. The van der Waals surface area contributed by atoms with E-state index in [1.165, 1.54) is 24.2 Å². The van der Waals surface area contributed by atoms with Gasteiger partial charge in [-0.25, -0.2) is 14.6 Å². The van der Waals surface area contributed by atoms with Gasteiger partial charge in [0.05, 0.1) is 6.04 Å². The molecule has 1 aromatic rings. The largest absolute Gasteiger partial charge is 0.424 e. The van der Waals surface area contributed by atoms with E-state index < -0.39 is 24.9 Å². The number of anilines is 1. The van der Waals surface area contributed by atoms with Crippen LogP contribution in [0.4, 0.5) is 10.6 Å². The average molecular weight is 321 g/mol. The number of nitrogens with zero attached hydrogens (tertiary/aromatic N) is 2. The van der Waals surface area contributed by atoms with Crippen LogP contribution in [0.2, 0.25) is 0 Å². The molecule has 0 bridgehead atoms. The lowest BCUT2D eigenvalue weighted by molar-refractivity contribution is -0.125. The minimum absolute atomic E-state index is 0.0239. The molecule has 0 spiro atoms. The van der Waals surface area contributed by atoms with Gasteiger partial charge in [-0.15, -0.1) is 0 Å². The molecule has 8 nitrogen and oxygen atoms in total. The first-order chi connectivity index (χ1) is 11.0. The highest BCUT2D eigenvalue weighted by molar-refractivity contribution is 5.94. The van der Waals surface area contributed by atoms with Gasteiger partial charge in [-0.2, -0.15) is 0 Å². The number of carbonyl (C=O) groups excluding carboxylic acids is 3. The second-order valence-corrected chi connectivity index (χ2v) is 5.23. The third kappa shape index (κ3) is 4.18. The van der Waals surface area contributed by atoms with Crippen LogP contribution in [0.1, 0.15) is 36.0 Å². The summed E-state index contributed by atoms with van der Waals surface area (Å²) in [6.45, 7) is -0.558. The number of ketones is 1. The van der Waals surface area contributed by atoms with E-state index in [1.54, 1.807) is 6.07 Å². The molecule has 1 amide bonds. The van der Waals surface area contributed by atoms with E-state index in [1.807, 2.05) is 0 Å². The van der Waals surface area contributed by atoms with Crippen molar-refractivity contribution in [2.24, 2.45) is 0 Å². The second-order valence-electron chi connectivity index (χ2n) is 5.23. The number of likely N-dealkylation sites (N-methyl/N-ethyl adjacent to an activating group) is 1. The van der Waals surface area contributed by atoms with Crippen molar-refractivity contribution < 1.29 is 23.9 Å². The molecule has 23 heavy (non-hydrogen) atoms. The number of hydrogen-bond acceptors (Lipinski definition) is 7. The number of nitrogens with two attached hydrogens (primary N) is 1. The van der Waals surface area contributed by atoms with E-state index in [4.69, 9.17) is 15.2 Å². The Labute approximate surface area is 133 Å². The van der Waals surface area contributed by atoms with Crippen LogP contribution in [0.5, 0.6) is 0 Å². The molecule has 1 saturated carbocycles. The number of rotatable bonds is 4. The number of carbonyl (C=O) groups is 3. The summed E-state index contributed by atoms with van der Waals surface area (Å²) in [5.74, 6) is -0.677. The number of amides is 1. The molecule has 1 aliphatic carbocycles. The number of esters is 1. The molecule has 0 radical (unpaired) electrons. The second kappa shape index (κ2) is 7.57. The summed E-state index contributed by atoms with van der Waals surface area (Å²) >= 11 is 0. The molecule has 1 atom stereocenters. The zero-order chi connectivity index (χ0) is 16.8. The first-order valence-electron chi connectivity index (χ1n) is 7.30. The Morgan fingerprint density at radius 2 is 2.17 bits per heavy atom. The first-order valence-corrected chi connectivity index (χ1v) is 7.30. The molecule has 1 heterocycles. The van der Waals surface area contributed by atoms with Gasteiger partial charge < -0.3 is 20.1 Å². The summed E-state index contributed by atoms with van der Waals surface area (Å²) in [6.07, 6.45) is 3.57. The molecular weight excluding hydrogens is 302 g/mol. The third-order valence-corrected chi connectivity index (χ3v) is 3.71. The van der Waals surface area contributed by atoms with Gasteiger partial charge in [0.1, 0.15) is 11.4 Å². The maximum Gasteiger partial charge on any atom is 0.413 e. The smallest absolute Gasteiger partial charge is 0.413 e.